The minimum absolute atomic E-state index is 0.157. The number of allylic oxidation sites excluding steroid dienone is 5. The standard InChI is InChI=1S/C14H11F2NO.2ClH.Ti/c1-8-3-2-4-10(14(8)18)5-9-6-11(15)13(17)12(16)7-9;;;/h2-7H,17H2,1H3;2*1H;/q;;;+2/p-2. The number of halogens is 4. The van der Waals surface area contributed by atoms with Crippen molar-refractivity contribution in [1.29, 1.82) is 0 Å². The predicted molar refractivity (Wildman–Crippen MR) is 78.4 cm³/mol. The summed E-state index contributed by atoms with van der Waals surface area (Å²) in [4.78, 5) is 11.8. The van der Waals surface area contributed by atoms with Gasteiger partial charge in [-0.3, -0.25) is 4.79 Å². The third-order valence-corrected chi connectivity index (χ3v) is 2.67. The zero-order valence-corrected chi connectivity index (χ0v) is 14.0. The van der Waals surface area contributed by atoms with Gasteiger partial charge in [0.05, 0.1) is 0 Å². The molecule has 2 N–H and O–H groups in total. The molecule has 2 rings (SSSR count). The summed E-state index contributed by atoms with van der Waals surface area (Å²) in [5.74, 6) is -1.82. The number of rotatable bonds is 1. The fourth-order valence-electron chi connectivity index (χ4n) is 1.66. The van der Waals surface area contributed by atoms with Gasteiger partial charge in [-0.05, 0) is 36.3 Å². The summed E-state index contributed by atoms with van der Waals surface area (Å²) >= 11 is -0.556. The van der Waals surface area contributed by atoms with Crippen LogP contribution < -0.4 is 5.73 Å². The maximum atomic E-state index is 13.3. The molecule has 110 valence electrons. The van der Waals surface area contributed by atoms with E-state index in [1.54, 1.807) is 25.2 Å². The van der Waals surface area contributed by atoms with Crippen molar-refractivity contribution in [3.05, 3.63) is 58.7 Å². The van der Waals surface area contributed by atoms with Gasteiger partial charge in [0.25, 0.3) is 0 Å². The maximum absolute atomic E-state index is 13.3. The summed E-state index contributed by atoms with van der Waals surface area (Å²) in [5, 5.41) is 0. The molecule has 0 heterocycles. The van der Waals surface area contributed by atoms with Gasteiger partial charge in [-0.15, -0.1) is 0 Å². The Labute approximate surface area is 138 Å². The van der Waals surface area contributed by atoms with Crippen LogP contribution in [0.2, 0.25) is 0 Å². The second kappa shape index (κ2) is 8.49. The Hall–Kier alpha value is -0.936. The van der Waals surface area contributed by atoms with Gasteiger partial charge < -0.3 is 5.73 Å². The molecule has 0 aromatic heterocycles. The summed E-state index contributed by atoms with van der Waals surface area (Å²) in [6.07, 6.45) is 6.43. The molecular weight excluding hydrogens is 355 g/mol. The average molecular weight is 366 g/mol. The van der Waals surface area contributed by atoms with Crippen LogP contribution in [-0.4, -0.2) is 5.78 Å². The number of nitrogens with two attached hydrogens (primary N) is 1. The summed E-state index contributed by atoms with van der Waals surface area (Å²) in [6.45, 7) is 1.68. The summed E-state index contributed by atoms with van der Waals surface area (Å²) in [7, 11) is 9.78. The molecule has 1 aliphatic carbocycles. The van der Waals surface area contributed by atoms with Crippen molar-refractivity contribution in [2.45, 2.75) is 6.92 Å². The van der Waals surface area contributed by atoms with E-state index in [-0.39, 0.29) is 11.3 Å². The molecule has 0 atom stereocenters. The van der Waals surface area contributed by atoms with Gasteiger partial charge in [0.15, 0.2) is 5.78 Å². The molecule has 0 aliphatic heterocycles. The molecule has 0 amide bonds. The molecular formula is C14H11Cl2F2NOTi. The first-order valence-corrected chi connectivity index (χ1v) is 10.0. The van der Waals surface area contributed by atoms with Crippen LogP contribution in [0.3, 0.4) is 0 Å². The van der Waals surface area contributed by atoms with E-state index in [0.717, 1.165) is 12.1 Å². The van der Waals surface area contributed by atoms with E-state index in [1.165, 1.54) is 6.08 Å². The molecule has 7 heteroatoms. The van der Waals surface area contributed by atoms with Gasteiger partial charge in [-0.1, -0.05) is 18.2 Å². The van der Waals surface area contributed by atoms with Crippen LogP contribution >= 0.6 is 18.6 Å². The Morgan fingerprint density at radius 2 is 1.76 bits per heavy atom. The third kappa shape index (κ3) is 5.08. The Morgan fingerprint density at radius 1 is 1.24 bits per heavy atom. The van der Waals surface area contributed by atoms with Crippen LogP contribution in [0.1, 0.15) is 12.5 Å². The summed E-state index contributed by atoms with van der Waals surface area (Å²) < 4.78 is 26.5. The van der Waals surface area contributed by atoms with Gasteiger partial charge in [-0.2, -0.15) is 0 Å². The fourth-order valence-corrected chi connectivity index (χ4v) is 1.66. The third-order valence-electron chi connectivity index (χ3n) is 2.67. The number of carbonyl (C=O) groups is 1. The monoisotopic (exact) mass is 365 g/mol. The summed E-state index contributed by atoms with van der Waals surface area (Å²) in [6, 6.07) is 2.19. The minimum atomic E-state index is -0.832. The molecule has 21 heavy (non-hydrogen) atoms. The molecule has 0 saturated carbocycles. The second-order valence-electron chi connectivity index (χ2n) is 4.11. The topological polar surface area (TPSA) is 43.1 Å². The van der Waals surface area contributed by atoms with Crippen molar-refractivity contribution >= 4 is 36.2 Å². The van der Waals surface area contributed by atoms with E-state index in [0.29, 0.717) is 11.1 Å². The Balaban J connectivity index is 0.000000677. The number of anilines is 1. The van der Waals surface area contributed by atoms with Crippen LogP contribution in [0, 0.1) is 11.6 Å². The Kier molecular flexibility index (Phi) is 7.33. The van der Waals surface area contributed by atoms with Crippen molar-refractivity contribution in [1.82, 2.24) is 0 Å². The first-order chi connectivity index (χ1) is 9.90. The van der Waals surface area contributed by atoms with E-state index in [9.17, 15) is 13.6 Å². The molecule has 1 aromatic carbocycles. The predicted octanol–water partition coefficient (Wildman–Crippen LogP) is 4.39. The van der Waals surface area contributed by atoms with E-state index >= 15 is 0 Å². The SMILES string of the molecule is CC1=CC=CC(=Cc2cc(F)c(N)c(F)c2)C1=O.[Cl][Ti][Cl]. The van der Waals surface area contributed by atoms with Crippen molar-refractivity contribution < 1.29 is 30.6 Å². The number of Topliss-reactive ketones (excluding diaryl/α,β-unsaturated/α-hetero) is 1. The van der Waals surface area contributed by atoms with E-state index in [2.05, 4.69) is 0 Å². The van der Waals surface area contributed by atoms with Crippen molar-refractivity contribution in [3.63, 3.8) is 0 Å². The normalized spacial score (nSPS) is 15.4. The van der Waals surface area contributed by atoms with E-state index < -0.39 is 34.4 Å². The molecule has 0 fully saturated rings. The summed E-state index contributed by atoms with van der Waals surface area (Å²) in [5.41, 5.74) is 5.89. The van der Waals surface area contributed by atoms with Gasteiger partial charge in [0.2, 0.25) is 0 Å². The molecule has 0 unspecified atom stereocenters. The average Bonchev–Trinajstić information content (AvgIpc) is 2.42. The first kappa shape index (κ1) is 18.1. The Bertz CT molecular complexity index is 619. The number of benzene rings is 1. The van der Waals surface area contributed by atoms with E-state index in [1.807, 2.05) is 0 Å². The number of ketones is 1. The van der Waals surface area contributed by atoms with Crippen molar-refractivity contribution in [2.75, 3.05) is 5.73 Å². The first-order valence-electron chi connectivity index (χ1n) is 5.72. The van der Waals surface area contributed by atoms with Gasteiger partial charge in [0, 0.05) is 5.57 Å². The van der Waals surface area contributed by atoms with Crippen molar-refractivity contribution in [2.24, 2.45) is 0 Å². The van der Waals surface area contributed by atoms with Crippen LogP contribution in [0.4, 0.5) is 14.5 Å². The zero-order chi connectivity index (χ0) is 16.0. The molecule has 1 aromatic rings. The van der Waals surface area contributed by atoms with Crippen LogP contribution in [0.25, 0.3) is 6.08 Å². The second-order valence-corrected chi connectivity index (χ2v) is 6.69. The molecule has 0 saturated heterocycles. The Morgan fingerprint density at radius 3 is 2.29 bits per heavy atom. The fraction of sp³-hybridized carbons (Fsp3) is 0.0714. The molecule has 0 radical (unpaired) electrons. The van der Waals surface area contributed by atoms with Crippen LogP contribution in [0.5, 0.6) is 0 Å². The van der Waals surface area contributed by atoms with Gasteiger partial charge >= 0.3 is 35.6 Å². The molecule has 1 aliphatic rings. The van der Waals surface area contributed by atoms with Gasteiger partial charge in [0.1, 0.15) is 17.3 Å². The molecule has 2 nitrogen and oxygen atoms in total. The van der Waals surface area contributed by atoms with Crippen molar-refractivity contribution in [3.8, 4) is 0 Å². The number of hydrogen-bond donors (Lipinski definition) is 1. The number of nitrogen functional groups attached to an aromatic ring is 1. The van der Waals surface area contributed by atoms with Gasteiger partial charge in [-0.25, -0.2) is 8.78 Å². The van der Waals surface area contributed by atoms with E-state index in [4.69, 9.17) is 24.3 Å². The quantitative estimate of drug-likeness (QED) is 0.455. The molecule has 0 bridgehead atoms. The zero-order valence-electron chi connectivity index (χ0n) is 11.0. The number of carbonyl (C=O) groups excluding carboxylic acids is 1. The number of hydrogen-bond acceptors (Lipinski definition) is 2. The van der Waals surface area contributed by atoms with Crippen LogP contribution in [-0.2, 0) is 21.8 Å². The van der Waals surface area contributed by atoms with Crippen LogP contribution in [0.15, 0.2) is 41.5 Å². The molecule has 0 spiro atoms.